The van der Waals surface area contributed by atoms with Crippen molar-refractivity contribution in [1.29, 1.82) is 0 Å². The third kappa shape index (κ3) is 1.80. The van der Waals surface area contributed by atoms with Crippen LogP contribution in [0, 0.1) is 0 Å². The summed E-state index contributed by atoms with van der Waals surface area (Å²) in [6, 6.07) is 8.00. The van der Waals surface area contributed by atoms with E-state index in [2.05, 4.69) is 11.9 Å². The van der Waals surface area contributed by atoms with Crippen LogP contribution in [0.4, 0.5) is 0 Å². The summed E-state index contributed by atoms with van der Waals surface area (Å²) in [4.78, 5) is 15.8. The number of unbranched alkanes of at least 4 members (excludes halogenated alkanes) is 2. The van der Waals surface area contributed by atoms with Crippen molar-refractivity contribution in [1.82, 2.24) is 0 Å². The highest BCUT2D eigenvalue weighted by Crippen LogP contribution is 2.35. The molecule has 0 fully saturated rings. The monoisotopic (exact) mass is 215 g/mol. The standard InChI is InChI=1S/C14H17NO/c1-2-3-6-9-14(11-16)13-8-5-4-7-12(13)10-15-14/h4-5,7-8,10-11H,2-3,6,9H2,1H3. The molecule has 0 N–H and O–H groups in total. The molecule has 1 aromatic rings. The van der Waals surface area contributed by atoms with Crippen molar-refractivity contribution in [3.8, 4) is 0 Å². The predicted octanol–water partition coefficient (Wildman–Crippen LogP) is 3.09. The first-order valence-electron chi connectivity index (χ1n) is 5.93. The minimum atomic E-state index is -0.592. The molecule has 0 saturated heterocycles. The minimum absolute atomic E-state index is 0.592. The maximum absolute atomic E-state index is 11.4. The number of fused-ring (bicyclic) bond motifs is 1. The first-order chi connectivity index (χ1) is 7.82. The number of nitrogens with zero attached hydrogens (tertiary/aromatic N) is 1. The summed E-state index contributed by atoms with van der Waals surface area (Å²) in [5.74, 6) is 0. The van der Waals surface area contributed by atoms with Crippen molar-refractivity contribution in [2.24, 2.45) is 4.99 Å². The van der Waals surface area contributed by atoms with Gasteiger partial charge in [-0.05, 0) is 17.5 Å². The molecule has 16 heavy (non-hydrogen) atoms. The van der Waals surface area contributed by atoms with E-state index in [1.807, 2.05) is 30.5 Å². The molecule has 0 amide bonds. The molecule has 1 unspecified atom stereocenters. The van der Waals surface area contributed by atoms with Crippen LogP contribution in [-0.2, 0) is 10.3 Å². The summed E-state index contributed by atoms with van der Waals surface area (Å²) < 4.78 is 0. The van der Waals surface area contributed by atoms with Crippen LogP contribution in [0.2, 0.25) is 0 Å². The van der Waals surface area contributed by atoms with E-state index in [-0.39, 0.29) is 0 Å². The Morgan fingerprint density at radius 3 is 2.88 bits per heavy atom. The fourth-order valence-corrected chi connectivity index (χ4v) is 2.25. The predicted molar refractivity (Wildman–Crippen MR) is 65.9 cm³/mol. The molecular formula is C14H17NO. The maximum Gasteiger partial charge on any atom is 0.152 e. The second-order valence-electron chi connectivity index (χ2n) is 4.34. The van der Waals surface area contributed by atoms with Gasteiger partial charge in [0.2, 0.25) is 0 Å². The Hall–Kier alpha value is -1.44. The summed E-state index contributed by atoms with van der Waals surface area (Å²) in [5.41, 5.74) is 1.57. The Labute approximate surface area is 96.4 Å². The number of aldehydes is 1. The van der Waals surface area contributed by atoms with E-state index in [0.29, 0.717) is 0 Å². The fraction of sp³-hybridized carbons (Fsp3) is 0.429. The number of aliphatic imine (C=N–C) groups is 1. The molecule has 2 nitrogen and oxygen atoms in total. The van der Waals surface area contributed by atoms with E-state index in [1.165, 1.54) is 6.42 Å². The quantitative estimate of drug-likeness (QED) is 0.548. The van der Waals surface area contributed by atoms with E-state index < -0.39 is 5.54 Å². The number of carbonyl (C=O) groups excluding carboxylic acids is 1. The number of hydrogen-bond acceptors (Lipinski definition) is 2. The molecule has 1 aromatic carbocycles. The SMILES string of the molecule is CCCCCC1(C=O)N=Cc2ccccc21. The second-order valence-corrected chi connectivity index (χ2v) is 4.34. The molecule has 0 spiro atoms. The van der Waals surface area contributed by atoms with Gasteiger partial charge < -0.3 is 4.79 Å². The third-order valence-electron chi connectivity index (χ3n) is 3.22. The molecule has 0 aliphatic carbocycles. The van der Waals surface area contributed by atoms with Crippen LogP contribution in [-0.4, -0.2) is 12.5 Å². The lowest BCUT2D eigenvalue weighted by atomic mass is 9.86. The van der Waals surface area contributed by atoms with Gasteiger partial charge in [-0.1, -0.05) is 50.5 Å². The summed E-state index contributed by atoms with van der Waals surface area (Å²) in [7, 11) is 0. The summed E-state index contributed by atoms with van der Waals surface area (Å²) in [6.07, 6.45) is 7.05. The van der Waals surface area contributed by atoms with E-state index in [9.17, 15) is 4.79 Å². The molecule has 0 bridgehead atoms. The largest absolute Gasteiger partial charge is 0.300 e. The van der Waals surface area contributed by atoms with Crippen LogP contribution in [0.1, 0.15) is 43.7 Å². The van der Waals surface area contributed by atoms with Crippen LogP contribution in [0.3, 0.4) is 0 Å². The molecule has 84 valence electrons. The molecule has 1 heterocycles. The highest BCUT2D eigenvalue weighted by molar-refractivity contribution is 5.91. The Balaban J connectivity index is 2.24. The molecule has 0 radical (unpaired) electrons. The van der Waals surface area contributed by atoms with Gasteiger partial charge in [0, 0.05) is 6.21 Å². The average Bonchev–Trinajstić information content (AvgIpc) is 2.70. The van der Waals surface area contributed by atoms with Crippen LogP contribution < -0.4 is 0 Å². The van der Waals surface area contributed by atoms with Crippen molar-refractivity contribution < 1.29 is 4.79 Å². The summed E-state index contributed by atoms with van der Waals surface area (Å²) >= 11 is 0. The summed E-state index contributed by atoms with van der Waals surface area (Å²) in [6.45, 7) is 2.17. The molecule has 1 atom stereocenters. The smallest absolute Gasteiger partial charge is 0.152 e. The van der Waals surface area contributed by atoms with Gasteiger partial charge in [-0.25, -0.2) is 0 Å². The van der Waals surface area contributed by atoms with Crippen molar-refractivity contribution in [3.05, 3.63) is 35.4 Å². The van der Waals surface area contributed by atoms with Crippen LogP contribution in [0.5, 0.6) is 0 Å². The zero-order chi connectivity index (χ0) is 11.4. The normalized spacial score (nSPS) is 22.1. The first kappa shape index (κ1) is 11.1. The zero-order valence-corrected chi connectivity index (χ0v) is 9.65. The van der Waals surface area contributed by atoms with Crippen molar-refractivity contribution in [2.45, 2.75) is 38.1 Å². The maximum atomic E-state index is 11.4. The third-order valence-corrected chi connectivity index (χ3v) is 3.22. The van der Waals surface area contributed by atoms with Crippen molar-refractivity contribution >= 4 is 12.5 Å². The minimum Gasteiger partial charge on any atom is -0.300 e. The number of carbonyl (C=O) groups is 1. The lowest BCUT2D eigenvalue weighted by Gasteiger charge is -2.20. The highest BCUT2D eigenvalue weighted by atomic mass is 16.1. The second kappa shape index (κ2) is 4.60. The van der Waals surface area contributed by atoms with Gasteiger partial charge in [0.25, 0.3) is 0 Å². The molecule has 1 aliphatic heterocycles. The zero-order valence-electron chi connectivity index (χ0n) is 9.65. The van der Waals surface area contributed by atoms with Crippen molar-refractivity contribution in [2.75, 3.05) is 0 Å². The highest BCUT2D eigenvalue weighted by Gasteiger charge is 2.35. The van der Waals surface area contributed by atoms with Gasteiger partial charge in [0.15, 0.2) is 6.29 Å². The van der Waals surface area contributed by atoms with E-state index in [0.717, 1.165) is 36.7 Å². The molecule has 2 rings (SSSR count). The Morgan fingerprint density at radius 1 is 1.31 bits per heavy atom. The van der Waals surface area contributed by atoms with Gasteiger partial charge in [-0.2, -0.15) is 0 Å². The van der Waals surface area contributed by atoms with E-state index in [1.54, 1.807) is 0 Å². The lowest BCUT2D eigenvalue weighted by molar-refractivity contribution is -0.112. The van der Waals surface area contributed by atoms with Crippen LogP contribution in [0.25, 0.3) is 0 Å². The molecule has 1 aliphatic rings. The molecular weight excluding hydrogens is 198 g/mol. The van der Waals surface area contributed by atoms with Crippen molar-refractivity contribution in [3.63, 3.8) is 0 Å². The average molecular weight is 215 g/mol. The molecule has 2 heteroatoms. The summed E-state index contributed by atoms with van der Waals surface area (Å²) in [5, 5.41) is 0. The topological polar surface area (TPSA) is 29.4 Å². The van der Waals surface area contributed by atoms with Crippen LogP contribution in [0.15, 0.2) is 29.3 Å². The van der Waals surface area contributed by atoms with Crippen LogP contribution >= 0.6 is 0 Å². The first-order valence-corrected chi connectivity index (χ1v) is 5.93. The van der Waals surface area contributed by atoms with Gasteiger partial charge in [0.05, 0.1) is 0 Å². The van der Waals surface area contributed by atoms with Gasteiger partial charge >= 0.3 is 0 Å². The lowest BCUT2D eigenvalue weighted by Crippen LogP contribution is -2.23. The number of benzene rings is 1. The Bertz CT molecular complexity index is 411. The Kier molecular flexibility index (Phi) is 3.18. The number of hydrogen-bond donors (Lipinski definition) is 0. The molecule has 0 aromatic heterocycles. The van der Waals surface area contributed by atoms with E-state index in [4.69, 9.17) is 0 Å². The fourth-order valence-electron chi connectivity index (χ4n) is 2.25. The molecule has 0 saturated carbocycles. The van der Waals surface area contributed by atoms with E-state index >= 15 is 0 Å². The Morgan fingerprint density at radius 2 is 2.12 bits per heavy atom. The van der Waals surface area contributed by atoms with Gasteiger partial charge in [-0.3, -0.25) is 4.99 Å². The number of rotatable bonds is 5. The van der Waals surface area contributed by atoms with Gasteiger partial charge in [-0.15, -0.1) is 0 Å². The van der Waals surface area contributed by atoms with Gasteiger partial charge in [0.1, 0.15) is 5.54 Å².